The average molecular weight is 422 g/mol. The van der Waals surface area contributed by atoms with Crippen molar-refractivity contribution in [2.75, 3.05) is 16.7 Å². The summed E-state index contributed by atoms with van der Waals surface area (Å²) in [5.41, 5.74) is 5.10. The molecule has 0 bridgehead atoms. The topological polar surface area (TPSA) is 80.3 Å². The summed E-state index contributed by atoms with van der Waals surface area (Å²) in [7, 11) is -6.36. The molecule has 0 spiro atoms. The molecule has 0 aromatic heterocycles. The van der Waals surface area contributed by atoms with Crippen LogP contribution >= 0.6 is 0 Å². The summed E-state index contributed by atoms with van der Waals surface area (Å²) in [5, 5.41) is -0.344. The number of benzene rings is 2. The average Bonchev–Trinajstić information content (AvgIpc) is 2.95. The smallest absolute Gasteiger partial charge is 0.229 e. The van der Waals surface area contributed by atoms with Crippen LogP contribution in [0, 0.1) is 0 Å². The molecular weight excluding hydrogens is 394 g/mol. The van der Waals surface area contributed by atoms with Crippen LogP contribution in [-0.4, -0.2) is 34.1 Å². The Morgan fingerprint density at radius 2 is 1.75 bits per heavy atom. The maximum atomic E-state index is 12.3. The molecule has 0 fully saturated rings. The van der Waals surface area contributed by atoms with Gasteiger partial charge in [-0.2, -0.15) is 0 Å². The molecule has 0 saturated carbocycles. The van der Waals surface area contributed by atoms with E-state index < -0.39 is 19.9 Å². The van der Waals surface area contributed by atoms with Crippen LogP contribution in [-0.2, 0) is 32.7 Å². The van der Waals surface area contributed by atoms with Gasteiger partial charge in [0.1, 0.15) is 0 Å². The fourth-order valence-electron chi connectivity index (χ4n) is 3.71. The molecular formula is C21H27NO4S2. The summed E-state index contributed by atoms with van der Waals surface area (Å²) in [4.78, 5) is 0. The zero-order valence-corrected chi connectivity index (χ0v) is 18.1. The normalized spacial score (nSPS) is 16.9. The predicted molar refractivity (Wildman–Crippen MR) is 114 cm³/mol. The Morgan fingerprint density at radius 1 is 1.04 bits per heavy atom. The number of rotatable bonds is 7. The number of anilines is 1. The molecule has 0 saturated heterocycles. The Morgan fingerprint density at radius 3 is 2.43 bits per heavy atom. The summed E-state index contributed by atoms with van der Waals surface area (Å²) in [5.74, 6) is 0.301. The Hall–Kier alpha value is -1.86. The second kappa shape index (κ2) is 7.87. The number of aryl methyl sites for hydroxylation is 1. The molecule has 0 aliphatic heterocycles. The van der Waals surface area contributed by atoms with Crippen LogP contribution in [0.1, 0.15) is 48.4 Å². The molecule has 2 aromatic rings. The third-order valence-electron chi connectivity index (χ3n) is 5.20. The highest BCUT2D eigenvalue weighted by atomic mass is 32.2. The van der Waals surface area contributed by atoms with Crippen LogP contribution in [0.5, 0.6) is 0 Å². The standard InChI is InChI=1S/C21H27NO4S2/c1-15(2)28(25,26)14-19-9-8-18-12-17(7-10-21(18)19)11-16-5-4-6-20(13-16)22-27(3,23)24/h4-7,10,12-13,15,19,22H,8-9,11,14H2,1-3H3. The van der Waals surface area contributed by atoms with Gasteiger partial charge in [0.05, 0.1) is 17.3 Å². The molecule has 1 aliphatic rings. The number of hydrogen-bond donors (Lipinski definition) is 1. The van der Waals surface area contributed by atoms with Gasteiger partial charge in [-0.25, -0.2) is 16.8 Å². The highest BCUT2D eigenvalue weighted by Crippen LogP contribution is 2.35. The monoisotopic (exact) mass is 421 g/mol. The lowest BCUT2D eigenvalue weighted by molar-refractivity contribution is 0.577. The first-order valence-corrected chi connectivity index (χ1v) is 13.0. The fraction of sp³-hybridized carbons (Fsp3) is 0.429. The van der Waals surface area contributed by atoms with E-state index in [2.05, 4.69) is 22.9 Å². The van der Waals surface area contributed by atoms with Crippen molar-refractivity contribution >= 4 is 25.5 Å². The SMILES string of the molecule is CC(C)S(=O)(=O)CC1CCc2cc(Cc3cccc(NS(C)(=O)=O)c3)ccc21. The molecule has 1 N–H and O–H groups in total. The summed E-state index contributed by atoms with van der Waals surface area (Å²) in [6.07, 6.45) is 3.60. The predicted octanol–water partition coefficient (Wildman–Crippen LogP) is 3.50. The van der Waals surface area contributed by atoms with E-state index in [-0.39, 0.29) is 16.9 Å². The van der Waals surface area contributed by atoms with E-state index in [1.165, 1.54) is 5.56 Å². The van der Waals surface area contributed by atoms with E-state index in [9.17, 15) is 16.8 Å². The van der Waals surface area contributed by atoms with Gasteiger partial charge in [-0.15, -0.1) is 0 Å². The van der Waals surface area contributed by atoms with Crippen molar-refractivity contribution in [2.24, 2.45) is 0 Å². The molecule has 3 rings (SSSR count). The van der Waals surface area contributed by atoms with Crippen molar-refractivity contribution < 1.29 is 16.8 Å². The second-order valence-electron chi connectivity index (χ2n) is 7.90. The number of nitrogens with one attached hydrogen (secondary N) is 1. The van der Waals surface area contributed by atoms with Gasteiger partial charge < -0.3 is 0 Å². The molecule has 0 amide bonds. The minimum absolute atomic E-state index is 0.0822. The van der Waals surface area contributed by atoms with Crippen molar-refractivity contribution in [1.29, 1.82) is 0 Å². The van der Waals surface area contributed by atoms with Crippen molar-refractivity contribution in [1.82, 2.24) is 0 Å². The van der Waals surface area contributed by atoms with E-state index >= 15 is 0 Å². The fourth-order valence-corrected chi connectivity index (χ4v) is 5.56. The minimum atomic E-state index is -3.30. The Kier molecular flexibility index (Phi) is 5.87. The minimum Gasteiger partial charge on any atom is -0.284 e. The highest BCUT2D eigenvalue weighted by molar-refractivity contribution is 7.92. The van der Waals surface area contributed by atoms with E-state index in [1.54, 1.807) is 19.9 Å². The highest BCUT2D eigenvalue weighted by Gasteiger charge is 2.29. The summed E-state index contributed by atoms with van der Waals surface area (Å²) in [6, 6.07) is 13.7. The van der Waals surface area contributed by atoms with Crippen LogP contribution in [0.2, 0.25) is 0 Å². The Balaban J connectivity index is 1.76. The van der Waals surface area contributed by atoms with Gasteiger partial charge in [-0.1, -0.05) is 30.3 Å². The first-order chi connectivity index (χ1) is 13.0. The number of fused-ring (bicyclic) bond motifs is 1. The van der Waals surface area contributed by atoms with Gasteiger partial charge in [0.25, 0.3) is 0 Å². The molecule has 0 heterocycles. The largest absolute Gasteiger partial charge is 0.284 e. The van der Waals surface area contributed by atoms with Gasteiger partial charge >= 0.3 is 0 Å². The van der Waals surface area contributed by atoms with Crippen LogP contribution in [0.3, 0.4) is 0 Å². The maximum absolute atomic E-state index is 12.3. The summed E-state index contributed by atoms with van der Waals surface area (Å²) < 4.78 is 49.9. The zero-order valence-electron chi connectivity index (χ0n) is 16.5. The summed E-state index contributed by atoms with van der Waals surface area (Å²) in [6.45, 7) is 3.47. The lowest BCUT2D eigenvalue weighted by atomic mass is 9.98. The molecule has 1 atom stereocenters. The van der Waals surface area contributed by atoms with Crippen molar-refractivity contribution in [3.63, 3.8) is 0 Å². The third kappa shape index (κ3) is 5.14. The molecule has 1 aliphatic carbocycles. The van der Waals surface area contributed by atoms with Crippen LogP contribution in [0.4, 0.5) is 5.69 Å². The van der Waals surface area contributed by atoms with Gasteiger partial charge in [-0.3, -0.25) is 4.72 Å². The summed E-state index contributed by atoms with van der Waals surface area (Å²) >= 11 is 0. The molecule has 0 radical (unpaired) electrons. The van der Waals surface area contributed by atoms with Gasteiger partial charge in [0, 0.05) is 5.69 Å². The molecule has 2 aromatic carbocycles. The number of sulfonamides is 1. The van der Waals surface area contributed by atoms with Gasteiger partial charge in [-0.05, 0) is 73.4 Å². The zero-order chi connectivity index (χ0) is 20.5. The first-order valence-electron chi connectivity index (χ1n) is 9.43. The molecule has 1 unspecified atom stereocenters. The van der Waals surface area contributed by atoms with Crippen LogP contribution in [0.15, 0.2) is 42.5 Å². The maximum Gasteiger partial charge on any atom is 0.229 e. The quantitative estimate of drug-likeness (QED) is 0.742. The third-order valence-corrected chi connectivity index (χ3v) is 8.11. The van der Waals surface area contributed by atoms with E-state index in [0.29, 0.717) is 12.1 Å². The number of hydrogen-bond acceptors (Lipinski definition) is 4. The Labute approximate surface area is 168 Å². The van der Waals surface area contributed by atoms with E-state index in [4.69, 9.17) is 0 Å². The molecule has 5 nitrogen and oxygen atoms in total. The lowest BCUT2D eigenvalue weighted by Crippen LogP contribution is -2.21. The van der Waals surface area contributed by atoms with Crippen LogP contribution < -0.4 is 4.72 Å². The first kappa shape index (κ1) is 20.9. The van der Waals surface area contributed by atoms with Gasteiger partial charge in [0.15, 0.2) is 9.84 Å². The molecule has 152 valence electrons. The molecule has 7 heteroatoms. The van der Waals surface area contributed by atoms with Crippen molar-refractivity contribution in [3.05, 3.63) is 64.7 Å². The number of sulfone groups is 1. The Bertz CT molecular complexity index is 1070. The van der Waals surface area contributed by atoms with E-state index in [1.807, 2.05) is 18.2 Å². The lowest BCUT2D eigenvalue weighted by Gasteiger charge is -2.15. The van der Waals surface area contributed by atoms with Crippen molar-refractivity contribution in [3.8, 4) is 0 Å². The van der Waals surface area contributed by atoms with Crippen molar-refractivity contribution in [2.45, 2.75) is 44.3 Å². The van der Waals surface area contributed by atoms with Gasteiger partial charge in [0.2, 0.25) is 10.0 Å². The van der Waals surface area contributed by atoms with E-state index in [0.717, 1.165) is 35.8 Å². The molecule has 28 heavy (non-hydrogen) atoms. The van der Waals surface area contributed by atoms with Crippen LogP contribution in [0.25, 0.3) is 0 Å². The second-order valence-corrected chi connectivity index (χ2v) is 12.2.